The van der Waals surface area contributed by atoms with Gasteiger partial charge in [-0.1, -0.05) is 93.0 Å². The number of nitrogens with one attached hydrogen (secondary N) is 1. The van der Waals surface area contributed by atoms with E-state index in [0.29, 0.717) is 30.4 Å². The summed E-state index contributed by atoms with van der Waals surface area (Å²) in [6, 6.07) is 28.3. The molecule has 0 saturated heterocycles. The number of carbonyl (C=O) groups excluding carboxylic acids is 2. The van der Waals surface area contributed by atoms with Crippen molar-refractivity contribution in [3.05, 3.63) is 206 Å². The Balaban J connectivity index is 1.25. The predicted octanol–water partition coefficient (Wildman–Crippen LogP) is 11.1. The molecule has 6 aromatic carbocycles. The molecule has 2 aliphatic rings. The van der Waals surface area contributed by atoms with Gasteiger partial charge >= 0.3 is 26.6 Å². The number of nitrogens with zero attached hydrogens (tertiary/aromatic N) is 4. The lowest BCUT2D eigenvalue weighted by molar-refractivity contribution is -0.462. The topological polar surface area (TPSA) is 140 Å². The fraction of sp³-hybridized carbons (Fsp3) is 0.300. The molecule has 0 radical (unpaired) electrons. The van der Waals surface area contributed by atoms with Crippen LogP contribution in [-0.4, -0.2) is 122 Å². The molecular formula is C70H76B2F6N5O6SSi+. The number of benzene rings is 6. The molecule has 21 heteroatoms. The summed E-state index contributed by atoms with van der Waals surface area (Å²) in [5.74, 6) is -0.482. The number of unbranched alkanes of at least 4 members (excludes halogenated alkanes) is 1. The molecule has 474 valence electrons. The summed E-state index contributed by atoms with van der Waals surface area (Å²) >= 11 is 1.63. The van der Waals surface area contributed by atoms with Crippen molar-refractivity contribution in [2.45, 2.75) is 91.2 Å². The first-order valence-corrected chi connectivity index (χ1v) is 34.1. The van der Waals surface area contributed by atoms with E-state index >= 15 is 0 Å². The normalized spacial score (nSPS) is 13.8. The summed E-state index contributed by atoms with van der Waals surface area (Å²) in [7, 11) is 1.68. The third-order valence-corrected chi connectivity index (χ3v) is 21.8. The zero-order valence-corrected chi connectivity index (χ0v) is 54.4. The number of amides is 1. The van der Waals surface area contributed by atoms with Gasteiger partial charge in [-0.05, 0) is 180 Å². The van der Waals surface area contributed by atoms with Crippen LogP contribution in [-0.2, 0) is 48.1 Å². The molecule has 0 atom stereocenters. The second-order valence-corrected chi connectivity index (χ2v) is 30.0. The molecule has 0 fully saturated rings. The fourth-order valence-corrected chi connectivity index (χ4v) is 16.4. The first-order chi connectivity index (χ1) is 42.9. The Hall–Kier alpha value is -7.46. The summed E-state index contributed by atoms with van der Waals surface area (Å²) in [4.78, 5) is 32.5. The molecule has 0 saturated carbocycles. The van der Waals surface area contributed by atoms with Crippen LogP contribution in [0.2, 0.25) is 13.1 Å². The van der Waals surface area contributed by atoms with Gasteiger partial charge in [0.2, 0.25) is 5.91 Å². The monoisotopic (exact) mass is 1280 g/mol. The molecule has 5 N–H and O–H groups in total. The number of thiophene rings is 1. The van der Waals surface area contributed by atoms with Gasteiger partial charge in [-0.15, -0.1) is 11.3 Å². The number of hydrogen-bond donors (Lipinski definition) is 5. The Morgan fingerprint density at radius 3 is 1.77 bits per heavy atom. The standard InChI is InChI=1S/C70H75B2F6N5O6SSi/c1-43(2)63(84)18-13-14-30-82(38-46-32-49(69(73,74)75)20-27-61(46)71(86)87)41-60-54-17-12-11-16-53(54)59(40-83(31-15-29-79-68(85)44(3)4)39-47-33-50(70(76,77)78)21-28-62(47)72(88)89)55-24-19-45(34-58(55)60)48-35-64(90-42-48)67-56-25-22-51(80(5)6)36-65(56)91(9,10)66-37-52(81(7)8)23-26-57(66)67/h11-12,16-17,19-28,32-37,42,86-89H,1,3,13-15,18,29-31,38-41H2,2,4-10H3/p+1. The minimum atomic E-state index is -4.75. The van der Waals surface area contributed by atoms with E-state index in [1.165, 1.54) is 21.5 Å². The van der Waals surface area contributed by atoms with Gasteiger partial charge in [0.25, 0.3) is 0 Å². The van der Waals surface area contributed by atoms with E-state index in [4.69, 9.17) is 0 Å². The Morgan fingerprint density at radius 1 is 0.659 bits per heavy atom. The average molecular weight is 1280 g/mol. The second kappa shape index (κ2) is 27.8. The van der Waals surface area contributed by atoms with E-state index in [2.05, 4.69) is 95.0 Å². The zero-order chi connectivity index (χ0) is 66.0. The predicted molar refractivity (Wildman–Crippen MR) is 360 cm³/mol. The lowest BCUT2D eigenvalue weighted by Gasteiger charge is -2.37. The van der Waals surface area contributed by atoms with Gasteiger partial charge in [0.15, 0.2) is 11.5 Å². The maximum atomic E-state index is 14.5. The molecule has 0 bridgehead atoms. The van der Waals surface area contributed by atoms with Gasteiger partial charge in [-0.2, -0.15) is 26.3 Å². The van der Waals surface area contributed by atoms with E-state index in [1.54, 1.807) is 25.2 Å². The molecule has 7 aromatic rings. The first-order valence-electron chi connectivity index (χ1n) is 30.2. The first kappa shape index (κ1) is 67.9. The highest BCUT2D eigenvalue weighted by Gasteiger charge is 2.41. The second-order valence-electron chi connectivity index (χ2n) is 24.8. The highest BCUT2D eigenvalue weighted by atomic mass is 32.1. The van der Waals surface area contributed by atoms with Crippen LogP contribution >= 0.6 is 11.3 Å². The van der Waals surface area contributed by atoms with Crippen LogP contribution in [0.5, 0.6) is 0 Å². The number of rotatable bonds is 24. The number of hydrogen-bond acceptors (Lipinski definition) is 10. The van der Waals surface area contributed by atoms with Crippen LogP contribution in [0.3, 0.4) is 0 Å². The van der Waals surface area contributed by atoms with Crippen molar-refractivity contribution in [3.63, 3.8) is 0 Å². The highest BCUT2D eigenvalue weighted by Crippen LogP contribution is 2.46. The molecule has 0 unspecified atom stereocenters. The molecule has 1 aromatic heterocycles. The molecule has 0 spiro atoms. The van der Waals surface area contributed by atoms with Gasteiger partial charge < -0.3 is 30.3 Å². The van der Waals surface area contributed by atoms with Crippen molar-refractivity contribution < 1.29 is 60.6 Å². The minimum absolute atomic E-state index is 0.0300. The number of alkyl halides is 6. The number of ketones is 1. The third kappa shape index (κ3) is 15.2. The van der Waals surface area contributed by atoms with Gasteiger partial charge in [-0.3, -0.25) is 19.4 Å². The van der Waals surface area contributed by atoms with E-state index < -0.39 is 45.8 Å². The third-order valence-electron chi connectivity index (χ3n) is 17.3. The van der Waals surface area contributed by atoms with E-state index in [9.17, 15) is 56.0 Å². The van der Waals surface area contributed by atoms with Crippen LogP contribution in [0.25, 0.3) is 38.2 Å². The van der Waals surface area contributed by atoms with E-state index in [-0.39, 0.29) is 86.0 Å². The number of allylic oxidation sites excluding steroid dienone is 6. The molecule has 9 rings (SSSR count). The van der Waals surface area contributed by atoms with Crippen molar-refractivity contribution in [1.82, 2.24) is 15.1 Å². The van der Waals surface area contributed by atoms with Crippen LogP contribution in [0.4, 0.5) is 32.0 Å². The molecule has 1 aliphatic carbocycles. The summed E-state index contributed by atoms with van der Waals surface area (Å²) < 4.78 is 88.9. The molecule has 91 heavy (non-hydrogen) atoms. The largest absolute Gasteiger partial charge is 0.488 e. The Morgan fingerprint density at radius 2 is 1.23 bits per heavy atom. The summed E-state index contributed by atoms with van der Waals surface area (Å²) in [6.07, 6.45) is -1.38. The summed E-state index contributed by atoms with van der Waals surface area (Å²) in [5.41, 5.74) is 7.62. The smallest absolute Gasteiger partial charge is 0.423 e. The lowest BCUT2D eigenvalue weighted by atomic mass is 9.76. The van der Waals surface area contributed by atoms with Crippen LogP contribution < -0.4 is 26.3 Å². The van der Waals surface area contributed by atoms with Gasteiger partial charge in [-0.25, -0.2) is 4.58 Å². The Bertz CT molecular complexity index is 4130. The zero-order valence-electron chi connectivity index (χ0n) is 52.5. The van der Waals surface area contributed by atoms with Crippen molar-refractivity contribution in [2.75, 3.05) is 52.7 Å². The minimum Gasteiger partial charge on any atom is -0.423 e. The van der Waals surface area contributed by atoms with Crippen LogP contribution in [0, 0.1) is 0 Å². The van der Waals surface area contributed by atoms with Gasteiger partial charge in [0.1, 0.15) is 22.2 Å². The van der Waals surface area contributed by atoms with Crippen LogP contribution in [0.15, 0.2) is 162 Å². The molecule has 1 amide bonds. The maximum absolute atomic E-state index is 14.5. The van der Waals surface area contributed by atoms with Crippen molar-refractivity contribution in [2.24, 2.45) is 0 Å². The van der Waals surface area contributed by atoms with Crippen molar-refractivity contribution in [1.29, 1.82) is 0 Å². The highest BCUT2D eigenvalue weighted by molar-refractivity contribution is 7.12. The SMILES string of the molecule is C=C(C)C(=O)CCCCN(Cc1cc(C(F)(F)F)ccc1B(O)O)Cc1c2ccccc2c(CN(CCCNC(=O)C(=C)C)Cc2cc(C(F)(F)F)ccc2B(O)O)c2ccc(-c3csc(C4=C5C=CC(=[N+](C)C)C=C5[Si](C)(C)c5cc(N(C)C)ccc54)c3)cc12. The molecule has 11 nitrogen and oxygen atoms in total. The number of fused-ring (bicyclic) bond motifs is 4. The molecule has 2 heterocycles. The fourth-order valence-electron chi connectivity index (χ4n) is 12.3. The van der Waals surface area contributed by atoms with Gasteiger partial charge in [0, 0.05) is 93.6 Å². The maximum Gasteiger partial charge on any atom is 0.488 e. The van der Waals surface area contributed by atoms with Crippen molar-refractivity contribution >= 4 is 100.0 Å². The summed E-state index contributed by atoms with van der Waals surface area (Å²) in [5, 5.41) is 53.0. The Labute approximate surface area is 533 Å². The molecular weight excluding hydrogens is 1200 g/mol. The molecule has 1 aliphatic heterocycles. The number of halogens is 6. The van der Waals surface area contributed by atoms with E-state index in [1.807, 2.05) is 74.4 Å². The summed E-state index contributed by atoms with van der Waals surface area (Å²) in [6.45, 7) is 16.1. The number of Topliss-reactive ketones (excluding diaryl/α,β-unsaturated/α-hetero) is 1. The van der Waals surface area contributed by atoms with E-state index in [0.717, 1.165) is 102 Å². The average Bonchev–Trinajstić information content (AvgIpc) is 1.51. The lowest BCUT2D eigenvalue weighted by Crippen LogP contribution is -2.49. The quantitative estimate of drug-likeness (QED) is 0.00999. The number of carbonyl (C=O) groups is 2. The van der Waals surface area contributed by atoms with Crippen molar-refractivity contribution in [3.8, 4) is 11.1 Å². The Kier molecular flexibility index (Phi) is 20.7. The van der Waals surface area contributed by atoms with Gasteiger partial charge in [0.05, 0.1) is 11.1 Å². The van der Waals surface area contributed by atoms with Crippen LogP contribution in [0.1, 0.15) is 83.4 Å². The number of anilines is 1.